The van der Waals surface area contributed by atoms with Gasteiger partial charge < -0.3 is 0 Å². The summed E-state index contributed by atoms with van der Waals surface area (Å²) in [4.78, 5) is 5.00. The fraction of sp³-hybridized carbons (Fsp3) is 1.00. The molecule has 2 nitrogen and oxygen atoms in total. The van der Waals surface area contributed by atoms with Crippen LogP contribution in [0.1, 0.15) is 85.0 Å². The van der Waals surface area contributed by atoms with Crippen LogP contribution in [-0.2, 0) is 0 Å². The van der Waals surface area contributed by atoms with E-state index in [0.29, 0.717) is 0 Å². The third-order valence-corrected chi connectivity index (χ3v) is 4.07. The van der Waals surface area contributed by atoms with Gasteiger partial charge in [0, 0.05) is 13.1 Å². The van der Waals surface area contributed by atoms with E-state index in [2.05, 4.69) is 23.8 Å². The third kappa shape index (κ3) is 11.7. The number of unbranched alkanes of at least 4 members (excludes halogenated alkanes) is 9. The van der Waals surface area contributed by atoms with Crippen LogP contribution in [0.3, 0.4) is 0 Å². The lowest BCUT2D eigenvalue weighted by atomic mass is 10.1. The minimum Gasteiger partial charge on any atom is -0.292 e. The summed E-state index contributed by atoms with van der Waals surface area (Å²) in [5.41, 5.74) is 0. The molecule has 2 heteroatoms. The maximum atomic E-state index is 2.59. The standard InChI is InChI=1S/C16H34N2.C2H6/c1-3-4-5-6-7-8-9-10-11-12-13-18-15-14-17(2)16-18;1-2/h3-16H2,1-2H3;1-2H3. The van der Waals surface area contributed by atoms with Crippen LogP contribution >= 0.6 is 0 Å². The van der Waals surface area contributed by atoms with Gasteiger partial charge in [0.1, 0.15) is 0 Å². The highest BCUT2D eigenvalue weighted by molar-refractivity contribution is 4.67. The van der Waals surface area contributed by atoms with Crippen molar-refractivity contribution in [2.75, 3.05) is 33.4 Å². The lowest BCUT2D eigenvalue weighted by molar-refractivity contribution is 0.269. The predicted octanol–water partition coefficient (Wildman–Crippen LogP) is 5.14. The molecule has 0 atom stereocenters. The molecule has 0 aromatic heterocycles. The molecule has 0 amide bonds. The molecule has 1 rings (SSSR count). The van der Waals surface area contributed by atoms with Gasteiger partial charge in [-0.15, -0.1) is 0 Å². The molecule has 1 fully saturated rings. The van der Waals surface area contributed by atoms with Gasteiger partial charge in [-0.1, -0.05) is 78.6 Å². The van der Waals surface area contributed by atoms with Crippen molar-refractivity contribution in [1.29, 1.82) is 0 Å². The second-order valence-electron chi connectivity index (χ2n) is 6.02. The SMILES string of the molecule is CC.CCCCCCCCCCCCN1CCN(C)C1. The van der Waals surface area contributed by atoms with Crippen molar-refractivity contribution in [2.45, 2.75) is 85.0 Å². The molecule has 20 heavy (non-hydrogen) atoms. The molecular weight excluding hydrogens is 244 g/mol. The Hall–Kier alpha value is -0.0800. The molecule has 0 saturated carbocycles. The fourth-order valence-corrected chi connectivity index (χ4v) is 2.80. The number of rotatable bonds is 11. The summed E-state index contributed by atoms with van der Waals surface area (Å²) in [6.07, 6.45) is 14.4. The van der Waals surface area contributed by atoms with Crippen LogP contribution in [0.4, 0.5) is 0 Å². The fourth-order valence-electron chi connectivity index (χ4n) is 2.80. The van der Waals surface area contributed by atoms with E-state index >= 15 is 0 Å². The molecule has 1 aliphatic heterocycles. The smallest absolute Gasteiger partial charge is 0.0504 e. The monoisotopic (exact) mass is 284 g/mol. The van der Waals surface area contributed by atoms with Crippen molar-refractivity contribution >= 4 is 0 Å². The van der Waals surface area contributed by atoms with Crippen molar-refractivity contribution in [3.8, 4) is 0 Å². The lowest BCUT2D eigenvalue weighted by Gasteiger charge is -2.14. The van der Waals surface area contributed by atoms with Crippen molar-refractivity contribution in [3.05, 3.63) is 0 Å². The van der Waals surface area contributed by atoms with Gasteiger partial charge in [0.15, 0.2) is 0 Å². The Kier molecular flexibility index (Phi) is 15.3. The predicted molar refractivity (Wildman–Crippen MR) is 92.3 cm³/mol. The van der Waals surface area contributed by atoms with E-state index < -0.39 is 0 Å². The molecule has 0 aromatic carbocycles. The van der Waals surface area contributed by atoms with Gasteiger partial charge in [-0.2, -0.15) is 0 Å². The van der Waals surface area contributed by atoms with Crippen LogP contribution in [0.2, 0.25) is 0 Å². The number of likely N-dealkylation sites (N-methyl/N-ethyl adjacent to an activating group) is 1. The van der Waals surface area contributed by atoms with E-state index in [1.54, 1.807) is 0 Å². The highest BCUT2D eigenvalue weighted by atomic mass is 15.4. The molecule has 1 saturated heterocycles. The molecule has 1 aliphatic rings. The van der Waals surface area contributed by atoms with Gasteiger partial charge in [0.05, 0.1) is 6.67 Å². The van der Waals surface area contributed by atoms with Gasteiger partial charge in [-0.25, -0.2) is 0 Å². The molecule has 0 bridgehead atoms. The summed E-state index contributed by atoms with van der Waals surface area (Å²) in [6.45, 7) is 11.3. The molecule has 0 unspecified atom stereocenters. The molecule has 0 aliphatic carbocycles. The molecule has 122 valence electrons. The first kappa shape index (κ1) is 19.9. The first-order valence-electron chi connectivity index (χ1n) is 9.24. The van der Waals surface area contributed by atoms with Crippen LogP contribution in [0.15, 0.2) is 0 Å². The van der Waals surface area contributed by atoms with E-state index in [4.69, 9.17) is 0 Å². The summed E-state index contributed by atoms with van der Waals surface area (Å²) in [6, 6.07) is 0. The Labute approximate surface area is 128 Å². The summed E-state index contributed by atoms with van der Waals surface area (Å²) < 4.78 is 0. The largest absolute Gasteiger partial charge is 0.292 e. The van der Waals surface area contributed by atoms with Gasteiger partial charge in [-0.3, -0.25) is 9.80 Å². The maximum absolute atomic E-state index is 2.59. The number of hydrogen-bond acceptors (Lipinski definition) is 2. The molecule has 0 spiro atoms. The van der Waals surface area contributed by atoms with Crippen LogP contribution in [0.25, 0.3) is 0 Å². The van der Waals surface area contributed by atoms with Gasteiger partial charge in [0.2, 0.25) is 0 Å². The molecule has 0 aromatic rings. The van der Waals surface area contributed by atoms with Gasteiger partial charge in [0.25, 0.3) is 0 Å². The second-order valence-corrected chi connectivity index (χ2v) is 6.02. The van der Waals surface area contributed by atoms with E-state index in [-0.39, 0.29) is 0 Å². The highest BCUT2D eigenvalue weighted by Gasteiger charge is 2.14. The minimum atomic E-state index is 1.19. The number of nitrogens with zero attached hydrogens (tertiary/aromatic N) is 2. The van der Waals surface area contributed by atoms with E-state index in [9.17, 15) is 0 Å². The normalized spacial score (nSPS) is 16.2. The van der Waals surface area contributed by atoms with E-state index in [1.807, 2.05) is 13.8 Å². The zero-order valence-corrected chi connectivity index (χ0v) is 14.8. The summed E-state index contributed by atoms with van der Waals surface area (Å²) in [5, 5.41) is 0. The zero-order chi connectivity index (χ0) is 15.1. The van der Waals surface area contributed by atoms with Crippen LogP contribution in [-0.4, -0.2) is 43.2 Å². The van der Waals surface area contributed by atoms with Crippen molar-refractivity contribution in [3.63, 3.8) is 0 Å². The van der Waals surface area contributed by atoms with Crippen molar-refractivity contribution in [1.82, 2.24) is 9.80 Å². The Morgan fingerprint density at radius 1 is 0.700 bits per heavy atom. The van der Waals surface area contributed by atoms with Gasteiger partial charge in [-0.05, 0) is 20.0 Å². The average molecular weight is 285 g/mol. The summed E-state index contributed by atoms with van der Waals surface area (Å²) in [5.74, 6) is 0. The van der Waals surface area contributed by atoms with Crippen molar-refractivity contribution in [2.24, 2.45) is 0 Å². The maximum Gasteiger partial charge on any atom is 0.0504 e. The average Bonchev–Trinajstić information content (AvgIpc) is 2.89. The summed E-state index contributed by atoms with van der Waals surface area (Å²) >= 11 is 0. The third-order valence-electron chi connectivity index (χ3n) is 4.07. The summed E-state index contributed by atoms with van der Waals surface area (Å²) in [7, 11) is 2.22. The van der Waals surface area contributed by atoms with Crippen LogP contribution in [0.5, 0.6) is 0 Å². The van der Waals surface area contributed by atoms with E-state index in [0.717, 1.165) is 0 Å². The zero-order valence-electron chi connectivity index (χ0n) is 14.8. The Morgan fingerprint density at radius 2 is 1.20 bits per heavy atom. The first-order valence-corrected chi connectivity index (χ1v) is 9.24. The molecule has 0 N–H and O–H groups in total. The van der Waals surface area contributed by atoms with E-state index in [1.165, 1.54) is 90.5 Å². The second kappa shape index (κ2) is 15.3. The van der Waals surface area contributed by atoms with Crippen LogP contribution in [0, 0.1) is 0 Å². The first-order chi connectivity index (χ1) is 9.83. The quantitative estimate of drug-likeness (QED) is 0.485. The molecule has 0 radical (unpaired) electrons. The highest BCUT2D eigenvalue weighted by Crippen LogP contribution is 2.11. The molecular formula is C18H40N2. The molecule has 1 heterocycles. The van der Waals surface area contributed by atoms with Crippen molar-refractivity contribution < 1.29 is 0 Å². The lowest BCUT2D eigenvalue weighted by Crippen LogP contribution is -2.24. The minimum absolute atomic E-state index is 1.19. The van der Waals surface area contributed by atoms with Gasteiger partial charge >= 0.3 is 0 Å². The number of hydrogen-bond donors (Lipinski definition) is 0. The topological polar surface area (TPSA) is 6.48 Å². The van der Waals surface area contributed by atoms with Crippen LogP contribution < -0.4 is 0 Å². The Balaban J connectivity index is 0.00000172. The Bertz CT molecular complexity index is 182. The Morgan fingerprint density at radius 3 is 1.65 bits per heavy atom.